The van der Waals surface area contributed by atoms with Gasteiger partial charge in [-0.25, -0.2) is 0 Å². The lowest BCUT2D eigenvalue weighted by atomic mass is 10.4. The molecular formula is C6H14N2S2. The standard InChI is InChI=1S/C6H14N2S2/c9-10-6-5-8-3-1-7-2-4-8/h7,9H,1-6H2. The molecule has 1 saturated heterocycles. The third-order valence-electron chi connectivity index (χ3n) is 1.71. The highest BCUT2D eigenvalue weighted by molar-refractivity contribution is 8.68. The van der Waals surface area contributed by atoms with Crippen molar-refractivity contribution in [2.24, 2.45) is 0 Å². The molecule has 0 atom stereocenters. The van der Waals surface area contributed by atoms with Gasteiger partial charge in [-0.15, -0.1) is 11.7 Å². The second-order valence-electron chi connectivity index (χ2n) is 2.42. The molecule has 1 rings (SSSR count). The molecule has 2 nitrogen and oxygen atoms in total. The van der Waals surface area contributed by atoms with Gasteiger partial charge >= 0.3 is 0 Å². The van der Waals surface area contributed by atoms with Crippen molar-refractivity contribution in [1.82, 2.24) is 10.2 Å². The van der Waals surface area contributed by atoms with Gasteiger partial charge in [-0.1, -0.05) is 10.8 Å². The molecule has 1 N–H and O–H groups in total. The molecule has 1 aliphatic rings. The van der Waals surface area contributed by atoms with Crippen LogP contribution in [0.25, 0.3) is 0 Å². The lowest BCUT2D eigenvalue weighted by Crippen LogP contribution is -2.44. The number of nitrogens with one attached hydrogen (secondary N) is 1. The minimum Gasteiger partial charge on any atom is -0.314 e. The van der Waals surface area contributed by atoms with Crippen LogP contribution in [0, 0.1) is 0 Å². The summed E-state index contributed by atoms with van der Waals surface area (Å²) in [4.78, 5) is 2.47. The topological polar surface area (TPSA) is 15.3 Å². The number of rotatable bonds is 3. The Kier molecular flexibility index (Phi) is 4.61. The summed E-state index contributed by atoms with van der Waals surface area (Å²) in [5.74, 6) is 1.14. The molecule has 0 unspecified atom stereocenters. The zero-order valence-electron chi connectivity index (χ0n) is 6.05. The van der Waals surface area contributed by atoms with Gasteiger partial charge in [0.05, 0.1) is 0 Å². The van der Waals surface area contributed by atoms with Crippen LogP contribution in [0.4, 0.5) is 0 Å². The Labute approximate surface area is 71.5 Å². The third-order valence-corrected chi connectivity index (χ3v) is 2.62. The Morgan fingerprint density at radius 3 is 2.70 bits per heavy atom. The highest BCUT2D eigenvalue weighted by Crippen LogP contribution is 2.04. The van der Waals surface area contributed by atoms with Gasteiger partial charge in [0.2, 0.25) is 0 Å². The lowest BCUT2D eigenvalue weighted by molar-refractivity contribution is 0.255. The van der Waals surface area contributed by atoms with E-state index < -0.39 is 0 Å². The molecule has 0 aromatic rings. The fourth-order valence-electron chi connectivity index (χ4n) is 1.10. The van der Waals surface area contributed by atoms with Crippen LogP contribution < -0.4 is 5.32 Å². The van der Waals surface area contributed by atoms with Crippen LogP contribution >= 0.6 is 22.5 Å². The molecule has 1 fully saturated rings. The van der Waals surface area contributed by atoms with Crippen molar-refractivity contribution in [3.05, 3.63) is 0 Å². The van der Waals surface area contributed by atoms with E-state index in [-0.39, 0.29) is 0 Å². The summed E-state index contributed by atoms with van der Waals surface area (Å²) in [6.45, 7) is 5.90. The van der Waals surface area contributed by atoms with Crippen LogP contribution in [0.1, 0.15) is 0 Å². The quantitative estimate of drug-likeness (QED) is 0.483. The van der Waals surface area contributed by atoms with E-state index in [1.807, 2.05) is 0 Å². The van der Waals surface area contributed by atoms with Crippen molar-refractivity contribution in [1.29, 1.82) is 0 Å². The first-order chi connectivity index (χ1) is 4.93. The molecule has 0 aromatic heterocycles. The van der Waals surface area contributed by atoms with Gasteiger partial charge in [-0.2, -0.15) is 0 Å². The molecular weight excluding hydrogens is 164 g/mol. The minimum atomic E-state index is 1.14. The maximum atomic E-state index is 4.09. The summed E-state index contributed by atoms with van der Waals surface area (Å²) in [5, 5.41) is 3.32. The summed E-state index contributed by atoms with van der Waals surface area (Å²) < 4.78 is 0. The molecule has 0 radical (unpaired) electrons. The van der Waals surface area contributed by atoms with E-state index in [0.29, 0.717) is 0 Å². The SMILES string of the molecule is SSCCN1CCNCC1. The summed E-state index contributed by atoms with van der Waals surface area (Å²) in [5.41, 5.74) is 0. The number of piperazine rings is 1. The number of hydrogen-bond donors (Lipinski definition) is 2. The van der Waals surface area contributed by atoms with Crippen molar-refractivity contribution in [3.63, 3.8) is 0 Å². The molecule has 0 spiro atoms. The van der Waals surface area contributed by atoms with E-state index in [2.05, 4.69) is 21.9 Å². The van der Waals surface area contributed by atoms with Crippen LogP contribution in [-0.4, -0.2) is 43.4 Å². The zero-order valence-corrected chi connectivity index (χ0v) is 7.76. The number of nitrogens with zero attached hydrogens (tertiary/aromatic N) is 1. The Balaban J connectivity index is 2.02. The molecule has 0 saturated carbocycles. The minimum absolute atomic E-state index is 1.14. The van der Waals surface area contributed by atoms with E-state index >= 15 is 0 Å². The smallest absolute Gasteiger partial charge is 0.0162 e. The average Bonchev–Trinajstić information content (AvgIpc) is 2.03. The van der Waals surface area contributed by atoms with Gasteiger partial charge in [0.1, 0.15) is 0 Å². The van der Waals surface area contributed by atoms with Crippen LogP contribution in [0.2, 0.25) is 0 Å². The van der Waals surface area contributed by atoms with Crippen LogP contribution in [0.15, 0.2) is 0 Å². The van der Waals surface area contributed by atoms with Crippen molar-refractivity contribution in [2.75, 3.05) is 38.5 Å². The van der Waals surface area contributed by atoms with E-state index in [9.17, 15) is 0 Å². The van der Waals surface area contributed by atoms with E-state index in [1.165, 1.54) is 19.6 Å². The molecule has 1 heterocycles. The average molecular weight is 178 g/mol. The molecule has 0 bridgehead atoms. The first-order valence-electron chi connectivity index (χ1n) is 3.63. The first-order valence-corrected chi connectivity index (χ1v) is 5.66. The number of hydrogen-bond acceptors (Lipinski definition) is 4. The molecule has 60 valence electrons. The summed E-state index contributed by atoms with van der Waals surface area (Å²) in [6, 6.07) is 0. The molecule has 4 heteroatoms. The predicted octanol–water partition coefficient (Wildman–Crippen LogP) is 0.470. The number of thiol groups is 1. The van der Waals surface area contributed by atoms with Crippen molar-refractivity contribution in [2.45, 2.75) is 0 Å². The summed E-state index contributed by atoms with van der Waals surface area (Å²) in [7, 11) is 1.63. The Bertz CT molecular complexity index is 83.8. The molecule has 1 aliphatic heterocycles. The fraction of sp³-hybridized carbons (Fsp3) is 1.00. The molecule has 0 amide bonds. The molecule has 10 heavy (non-hydrogen) atoms. The predicted molar refractivity (Wildman–Crippen MR) is 50.8 cm³/mol. The Morgan fingerprint density at radius 2 is 2.10 bits per heavy atom. The van der Waals surface area contributed by atoms with Gasteiger partial charge in [0, 0.05) is 38.5 Å². The fourth-order valence-corrected chi connectivity index (χ4v) is 1.69. The van der Waals surface area contributed by atoms with Gasteiger partial charge in [-0.3, -0.25) is 4.90 Å². The second kappa shape index (κ2) is 5.29. The largest absolute Gasteiger partial charge is 0.314 e. The summed E-state index contributed by atoms with van der Waals surface area (Å²) >= 11 is 4.09. The first kappa shape index (κ1) is 8.71. The highest BCUT2D eigenvalue weighted by atomic mass is 33.1. The molecule has 0 aliphatic carbocycles. The molecule has 0 aromatic carbocycles. The maximum absolute atomic E-state index is 4.09. The van der Waals surface area contributed by atoms with Crippen molar-refractivity contribution < 1.29 is 0 Å². The normalized spacial score (nSPS) is 21.3. The highest BCUT2D eigenvalue weighted by Gasteiger charge is 2.07. The van der Waals surface area contributed by atoms with Crippen LogP contribution in [0.5, 0.6) is 0 Å². The Hall–Kier alpha value is 0.620. The van der Waals surface area contributed by atoms with Gasteiger partial charge in [-0.05, 0) is 0 Å². The van der Waals surface area contributed by atoms with E-state index in [1.54, 1.807) is 10.8 Å². The Morgan fingerprint density at radius 1 is 1.40 bits per heavy atom. The second-order valence-corrected chi connectivity index (χ2v) is 3.87. The van der Waals surface area contributed by atoms with Gasteiger partial charge in [0.25, 0.3) is 0 Å². The lowest BCUT2D eigenvalue weighted by Gasteiger charge is -2.26. The van der Waals surface area contributed by atoms with Gasteiger partial charge in [0.15, 0.2) is 0 Å². The third kappa shape index (κ3) is 3.14. The zero-order chi connectivity index (χ0) is 7.23. The monoisotopic (exact) mass is 178 g/mol. The van der Waals surface area contributed by atoms with Crippen LogP contribution in [-0.2, 0) is 0 Å². The van der Waals surface area contributed by atoms with Crippen molar-refractivity contribution in [3.8, 4) is 0 Å². The van der Waals surface area contributed by atoms with E-state index in [4.69, 9.17) is 0 Å². The maximum Gasteiger partial charge on any atom is 0.0162 e. The van der Waals surface area contributed by atoms with Gasteiger partial charge < -0.3 is 5.32 Å². The van der Waals surface area contributed by atoms with E-state index in [0.717, 1.165) is 18.8 Å². The van der Waals surface area contributed by atoms with Crippen LogP contribution in [0.3, 0.4) is 0 Å². The summed E-state index contributed by atoms with van der Waals surface area (Å²) in [6.07, 6.45) is 0. The van der Waals surface area contributed by atoms with Crippen molar-refractivity contribution >= 4 is 22.5 Å².